The summed E-state index contributed by atoms with van der Waals surface area (Å²) in [5.74, 6) is 1.47. The molecule has 2 fully saturated rings. The Kier molecular flexibility index (Phi) is 6.95. The molecule has 2 saturated heterocycles. The Morgan fingerprint density at radius 3 is 2.71 bits per heavy atom. The van der Waals surface area contributed by atoms with Gasteiger partial charge in [-0.2, -0.15) is 4.98 Å². The molecule has 0 bridgehead atoms. The third kappa shape index (κ3) is 5.45. The molecule has 0 radical (unpaired) electrons. The Morgan fingerprint density at radius 1 is 1.05 bits per heavy atom. The number of nitrogens with zero attached hydrogens (tertiary/aromatic N) is 7. The normalized spacial score (nSPS) is 17.7. The first-order valence-corrected chi connectivity index (χ1v) is 14.5. The van der Waals surface area contributed by atoms with Crippen molar-refractivity contribution in [1.82, 2.24) is 29.4 Å². The van der Waals surface area contributed by atoms with Crippen molar-refractivity contribution in [2.45, 2.75) is 32.2 Å². The van der Waals surface area contributed by atoms with E-state index in [0.29, 0.717) is 25.6 Å². The van der Waals surface area contributed by atoms with E-state index in [2.05, 4.69) is 24.3 Å². The molecule has 2 aliphatic heterocycles. The molecular formula is C29H29N7O4S. The van der Waals surface area contributed by atoms with Crippen molar-refractivity contribution in [2.24, 2.45) is 0 Å². The topological polar surface area (TPSA) is 119 Å². The van der Waals surface area contributed by atoms with Gasteiger partial charge >= 0.3 is 5.97 Å². The highest BCUT2D eigenvalue weighted by Gasteiger charge is 2.25. The monoisotopic (exact) mass is 571 g/mol. The van der Waals surface area contributed by atoms with Crippen molar-refractivity contribution < 1.29 is 19.4 Å². The van der Waals surface area contributed by atoms with E-state index in [1.807, 2.05) is 30.3 Å². The predicted octanol–water partition coefficient (Wildman–Crippen LogP) is 3.82. The fourth-order valence-electron chi connectivity index (χ4n) is 5.27. The van der Waals surface area contributed by atoms with Gasteiger partial charge in [-0.05, 0) is 42.8 Å². The van der Waals surface area contributed by atoms with Gasteiger partial charge in [0.05, 0.1) is 35.8 Å². The summed E-state index contributed by atoms with van der Waals surface area (Å²) in [4.78, 5) is 35.7. The van der Waals surface area contributed by atoms with Crippen LogP contribution in [0, 0.1) is 0 Å². The van der Waals surface area contributed by atoms with Crippen LogP contribution < -0.4 is 9.64 Å². The number of imidazole rings is 1. The average molecular weight is 572 g/mol. The van der Waals surface area contributed by atoms with Gasteiger partial charge in [0.25, 0.3) is 0 Å². The minimum atomic E-state index is -0.936. The van der Waals surface area contributed by atoms with E-state index in [1.165, 1.54) is 11.3 Å². The molecule has 1 aromatic carbocycles. The molecule has 0 amide bonds. The summed E-state index contributed by atoms with van der Waals surface area (Å²) in [6.07, 6.45) is 2.92. The molecule has 1 N–H and O–H groups in total. The highest BCUT2D eigenvalue weighted by atomic mass is 32.1. The number of anilines is 1. The lowest BCUT2D eigenvalue weighted by Gasteiger charge is -2.35. The molecule has 210 valence electrons. The zero-order valence-corrected chi connectivity index (χ0v) is 23.2. The highest BCUT2D eigenvalue weighted by Crippen LogP contribution is 2.25. The second-order valence-corrected chi connectivity index (χ2v) is 11.3. The van der Waals surface area contributed by atoms with Crippen LogP contribution in [0.4, 0.5) is 5.82 Å². The number of fused-ring (bicyclic) bond motifs is 2. The van der Waals surface area contributed by atoms with Gasteiger partial charge in [-0.25, -0.2) is 19.7 Å². The summed E-state index contributed by atoms with van der Waals surface area (Å²) >= 11 is 1.53. The van der Waals surface area contributed by atoms with E-state index < -0.39 is 5.97 Å². The van der Waals surface area contributed by atoms with Crippen LogP contribution in [0.1, 0.15) is 27.6 Å². The van der Waals surface area contributed by atoms with Crippen molar-refractivity contribution in [2.75, 3.05) is 37.7 Å². The fourth-order valence-corrected chi connectivity index (χ4v) is 6.09. The number of ether oxygens (including phenoxy) is 2. The van der Waals surface area contributed by atoms with Gasteiger partial charge in [-0.1, -0.05) is 17.4 Å². The number of thiazole rings is 1. The summed E-state index contributed by atoms with van der Waals surface area (Å²) in [6.45, 7) is 5.86. The van der Waals surface area contributed by atoms with E-state index >= 15 is 0 Å². The smallest absolute Gasteiger partial charge is 0.335 e. The van der Waals surface area contributed by atoms with Gasteiger partial charge < -0.3 is 24.0 Å². The summed E-state index contributed by atoms with van der Waals surface area (Å²) in [5, 5.41) is 10.4. The van der Waals surface area contributed by atoms with Crippen LogP contribution in [-0.4, -0.2) is 79.4 Å². The number of carbonyl (C=O) groups is 1. The number of piperazine rings is 1. The Balaban J connectivity index is 1.00. The van der Waals surface area contributed by atoms with Crippen molar-refractivity contribution >= 4 is 44.5 Å². The maximum atomic E-state index is 11.6. The van der Waals surface area contributed by atoms with Crippen molar-refractivity contribution in [1.29, 1.82) is 0 Å². The maximum Gasteiger partial charge on any atom is 0.335 e. The van der Waals surface area contributed by atoms with Crippen LogP contribution in [-0.2, 0) is 24.4 Å². The van der Waals surface area contributed by atoms with Crippen molar-refractivity contribution in [3.8, 4) is 5.88 Å². The second-order valence-electron chi connectivity index (χ2n) is 10.2. The summed E-state index contributed by atoms with van der Waals surface area (Å²) < 4.78 is 13.8. The number of hydrogen-bond acceptors (Lipinski definition) is 10. The molecule has 2 aliphatic rings. The SMILES string of the molecule is O=C(O)c1ccc2nc(CN3CCN(c4cccc(OCc5nc6cccnc6s5)n4)CC3)n(C[C@@H]3CCO3)c2c1. The molecule has 6 heterocycles. The number of aromatic carboxylic acids is 1. The van der Waals surface area contributed by atoms with Crippen LogP contribution in [0.3, 0.4) is 0 Å². The molecule has 7 rings (SSSR count). The van der Waals surface area contributed by atoms with Gasteiger partial charge in [0.1, 0.15) is 33.6 Å². The molecule has 11 nitrogen and oxygen atoms in total. The predicted molar refractivity (Wildman–Crippen MR) is 155 cm³/mol. The Labute approximate surface area is 240 Å². The largest absolute Gasteiger partial charge is 0.478 e. The lowest BCUT2D eigenvalue weighted by molar-refractivity contribution is -0.0592. The molecule has 41 heavy (non-hydrogen) atoms. The van der Waals surface area contributed by atoms with Crippen LogP contribution >= 0.6 is 11.3 Å². The number of benzene rings is 1. The average Bonchev–Trinajstić information content (AvgIpc) is 3.54. The lowest BCUT2D eigenvalue weighted by atomic mass is 10.1. The molecular weight excluding hydrogens is 542 g/mol. The van der Waals surface area contributed by atoms with E-state index in [-0.39, 0.29) is 11.7 Å². The number of hydrogen-bond donors (Lipinski definition) is 1. The molecule has 0 aliphatic carbocycles. The molecule has 5 aromatic rings. The van der Waals surface area contributed by atoms with Crippen LogP contribution in [0.15, 0.2) is 54.7 Å². The van der Waals surface area contributed by atoms with Gasteiger partial charge in [0.2, 0.25) is 5.88 Å². The molecule has 0 unspecified atom stereocenters. The van der Waals surface area contributed by atoms with Crippen molar-refractivity contribution in [3.05, 3.63) is 71.1 Å². The van der Waals surface area contributed by atoms with E-state index in [4.69, 9.17) is 19.4 Å². The number of rotatable bonds is 9. The van der Waals surface area contributed by atoms with Gasteiger partial charge in [-0.15, -0.1) is 0 Å². The summed E-state index contributed by atoms with van der Waals surface area (Å²) in [5.41, 5.74) is 2.81. The highest BCUT2D eigenvalue weighted by molar-refractivity contribution is 7.18. The van der Waals surface area contributed by atoms with Crippen LogP contribution in [0.25, 0.3) is 21.4 Å². The first-order chi connectivity index (χ1) is 20.1. The summed E-state index contributed by atoms with van der Waals surface area (Å²) in [6, 6.07) is 14.8. The first-order valence-electron chi connectivity index (χ1n) is 13.7. The van der Waals surface area contributed by atoms with Crippen LogP contribution in [0.2, 0.25) is 0 Å². The van der Waals surface area contributed by atoms with E-state index in [9.17, 15) is 9.90 Å². The minimum Gasteiger partial charge on any atom is -0.478 e. The zero-order chi connectivity index (χ0) is 27.8. The van der Waals surface area contributed by atoms with Crippen LogP contribution in [0.5, 0.6) is 5.88 Å². The Bertz CT molecular complexity index is 1680. The van der Waals surface area contributed by atoms with E-state index in [1.54, 1.807) is 24.4 Å². The zero-order valence-electron chi connectivity index (χ0n) is 22.3. The molecule has 4 aromatic heterocycles. The number of aromatic nitrogens is 5. The second kappa shape index (κ2) is 11.0. The van der Waals surface area contributed by atoms with E-state index in [0.717, 1.165) is 77.2 Å². The summed E-state index contributed by atoms with van der Waals surface area (Å²) in [7, 11) is 0. The van der Waals surface area contributed by atoms with Crippen molar-refractivity contribution in [3.63, 3.8) is 0 Å². The van der Waals surface area contributed by atoms with Gasteiger partial charge in [0, 0.05) is 45.0 Å². The third-order valence-electron chi connectivity index (χ3n) is 7.58. The van der Waals surface area contributed by atoms with Gasteiger partial charge in [-0.3, -0.25) is 4.90 Å². The third-order valence-corrected chi connectivity index (χ3v) is 8.53. The maximum absolute atomic E-state index is 11.6. The van der Waals surface area contributed by atoms with Gasteiger partial charge in [0.15, 0.2) is 0 Å². The molecule has 1 atom stereocenters. The number of carboxylic acids is 1. The molecule has 12 heteroatoms. The minimum absolute atomic E-state index is 0.142. The quantitative estimate of drug-likeness (QED) is 0.280. The molecule has 0 saturated carbocycles. The number of pyridine rings is 2. The lowest BCUT2D eigenvalue weighted by Crippen LogP contribution is -2.46. The number of carboxylic acid groups (broad SMARTS) is 1. The molecule has 0 spiro atoms. The standard InChI is InChI=1S/C29H29N7O4S/c37-29(38)19-6-7-21-23(15-19)36(16-20-8-14-39-20)25(31-21)17-34-10-12-35(13-11-34)24-4-1-5-26(33-24)40-18-27-32-22-3-2-9-30-28(22)41-27/h1-7,9,15,20H,8,10-14,16-18H2,(H,37,38)/t20-/m0/s1. The Morgan fingerprint density at radius 2 is 1.93 bits per heavy atom. The Hall–Kier alpha value is -4.13. The first kappa shape index (κ1) is 25.8. The fraction of sp³-hybridized carbons (Fsp3) is 0.345.